The minimum Gasteiger partial charge on any atom is -0.481 e. The molecule has 1 fully saturated rings. The fourth-order valence-corrected chi connectivity index (χ4v) is 5.37. The predicted molar refractivity (Wildman–Crippen MR) is 170 cm³/mol. The lowest BCUT2D eigenvalue weighted by atomic mass is 9.78. The minimum absolute atomic E-state index is 0.0246. The number of Topliss-reactive ketones (excluding diaryl/α,β-unsaturated/α-hetero) is 3. The summed E-state index contributed by atoms with van der Waals surface area (Å²) < 4.78 is 10.7. The van der Waals surface area contributed by atoms with Crippen molar-refractivity contribution in [2.45, 2.75) is 109 Å². The normalized spacial score (nSPS) is 17.1. The Hall–Kier alpha value is -3.72. The quantitative estimate of drug-likeness (QED) is 0.0745. The highest BCUT2D eigenvalue weighted by atomic mass is 16.5. The van der Waals surface area contributed by atoms with Crippen LogP contribution in [-0.2, 0) is 47.8 Å². The monoisotopic (exact) mass is 684 g/mol. The van der Waals surface area contributed by atoms with Gasteiger partial charge in [-0.15, -0.1) is 0 Å². The molecule has 0 unspecified atom stereocenters. The molecular formula is C33H52N2O13. The van der Waals surface area contributed by atoms with Crippen molar-refractivity contribution in [1.29, 1.82) is 0 Å². The van der Waals surface area contributed by atoms with Crippen molar-refractivity contribution in [1.82, 2.24) is 10.6 Å². The van der Waals surface area contributed by atoms with E-state index in [0.29, 0.717) is 58.3 Å². The van der Waals surface area contributed by atoms with E-state index in [1.165, 1.54) is 6.92 Å². The molecule has 0 spiro atoms. The predicted octanol–water partition coefficient (Wildman–Crippen LogP) is 2.32. The maximum atomic E-state index is 12.9. The van der Waals surface area contributed by atoms with Gasteiger partial charge in [0.1, 0.15) is 11.6 Å². The number of carboxylic acid groups (broad SMARTS) is 3. The number of aliphatic carboxylic acids is 3. The highest BCUT2D eigenvalue weighted by Crippen LogP contribution is 2.31. The zero-order valence-electron chi connectivity index (χ0n) is 27.9. The lowest BCUT2D eigenvalue weighted by molar-refractivity contribution is -0.145. The summed E-state index contributed by atoms with van der Waals surface area (Å²) in [4.78, 5) is 94.8. The highest BCUT2D eigenvalue weighted by molar-refractivity contribution is 5.90. The van der Waals surface area contributed by atoms with Crippen molar-refractivity contribution in [2.24, 2.45) is 17.8 Å². The number of ether oxygens (including phenoxy) is 2. The van der Waals surface area contributed by atoms with Crippen LogP contribution >= 0.6 is 0 Å². The Bertz CT molecular complexity index is 1090. The van der Waals surface area contributed by atoms with Gasteiger partial charge < -0.3 is 35.4 Å². The number of nitrogens with one attached hydrogen (secondary N) is 2. The number of carbonyl (C=O) groups excluding carboxylic acids is 5. The second-order valence-corrected chi connectivity index (χ2v) is 12.3. The second kappa shape index (κ2) is 24.4. The van der Waals surface area contributed by atoms with Gasteiger partial charge in [0.05, 0.1) is 31.8 Å². The summed E-state index contributed by atoms with van der Waals surface area (Å²) in [5.41, 5.74) is 0. The van der Waals surface area contributed by atoms with Gasteiger partial charge in [-0.3, -0.25) is 38.4 Å². The van der Waals surface area contributed by atoms with Gasteiger partial charge in [-0.2, -0.15) is 0 Å². The number of hydrogen-bond donors (Lipinski definition) is 5. The molecule has 272 valence electrons. The van der Waals surface area contributed by atoms with E-state index in [1.54, 1.807) is 0 Å². The van der Waals surface area contributed by atoms with Gasteiger partial charge in [0.15, 0.2) is 5.78 Å². The smallest absolute Gasteiger partial charge is 0.306 e. The van der Waals surface area contributed by atoms with Crippen LogP contribution in [0, 0.1) is 17.8 Å². The number of rotatable bonds is 28. The molecule has 0 heterocycles. The molecule has 0 aromatic rings. The average Bonchev–Trinajstić information content (AvgIpc) is 3.02. The molecule has 2 atom stereocenters. The van der Waals surface area contributed by atoms with E-state index in [4.69, 9.17) is 19.7 Å². The third kappa shape index (κ3) is 20.5. The molecule has 0 aromatic heterocycles. The van der Waals surface area contributed by atoms with Crippen molar-refractivity contribution in [3.8, 4) is 0 Å². The third-order valence-corrected chi connectivity index (χ3v) is 8.25. The molecular weight excluding hydrogens is 632 g/mol. The van der Waals surface area contributed by atoms with Crippen molar-refractivity contribution in [3.05, 3.63) is 0 Å². The number of amides is 2. The molecule has 0 saturated heterocycles. The van der Waals surface area contributed by atoms with Gasteiger partial charge in [-0.05, 0) is 64.2 Å². The van der Waals surface area contributed by atoms with Crippen molar-refractivity contribution < 1.29 is 63.1 Å². The first-order valence-corrected chi connectivity index (χ1v) is 16.7. The van der Waals surface area contributed by atoms with E-state index in [1.807, 2.05) is 0 Å². The van der Waals surface area contributed by atoms with E-state index < -0.39 is 35.8 Å². The SMILES string of the molecule is CC(=O)CCOCCOCCCC(=O)[C@H](CCC(=O)O)NC(=O)CC[C@H](CC(=O)C1CCC(CNC(=O)CCCC(=O)O)CC1)C(=O)O. The van der Waals surface area contributed by atoms with Crippen LogP contribution < -0.4 is 10.6 Å². The first-order chi connectivity index (χ1) is 22.8. The Balaban J connectivity index is 2.46. The van der Waals surface area contributed by atoms with Crippen molar-refractivity contribution >= 4 is 47.1 Å². The van der Waals surface area contributed by atoms with Gasteiger partial charge in [0.25, 0.3) is 0 Å². The Morgan fingerprint density at radius 1 is 0.688 bits per heavy atom. The van der Waals surface area contributed by atoms with Crippen molar-refractivity contribution in [3.63, 3.8) is 0 Å². The number of carboxylic acids is 3. The lowest BCUT2D eigenvalue weighted by Crippen LogP contribution is -2.41. The van der Waals surface area contributed by atoms with E-state index in [9.17, 15) is 43.5 Å². The summed E-state index contributed by atoms with van der Waals surface area (Å²) >= 11 is 0. The molecule has 2 amide bonds. The van der Waals surface area contributed by atoms with E-state index in [-0.39, 0.29) is 106 Å². The zero-order valence-corrected chi connectivity index (χ0v) is 27.9. The molecule has 0 radical (unpaired) electrons. The number of hydrogen-bond acceptors (Lipinski definition) is 10. The largest absolute Gasteiger partial charge is 0.481 e. The van der Waals surface area contributed by atoms with Gasteiger partial charge in [0.2, 0.25) is 11.8 Å². The Kier molecular flexibility index (Phi) is 21.5. The first kappa shape index (κ1) is 42.3. The zero-order chi connectivity index (χ0) is 35.9. The van der Waals surface area contributed by atoms with Crippen LogP contribution in [0.5, 0.6) is 0 Å². The standard InChI is InChI=1S/C33H52N2O13/c1-22(36)15-17-48-19-18-47-16-3-4-27(37)26(12-14-32(43)44)35-30(40)13-11-25(33(45)46)20-28(38)24-9-7-23(8-10-24)21-34-29(39)5-2-6-31(41)42/h23-26H,2-21H2,1H3,(H,34,39)(H,35,40)(H,41,42)(H,43,44)(H,45,46)/t23?,24?,25-,26+/m1/s1. The molecule has 5 N–H and O–H groups in total. The average molecular weight is 685 g/mol. The van der Waals surface area contributed by atoms with Crippen LogP contribution in [0.15, 0.2) is 0 Å². The molecule has 1 aliphatic carbocycles. The Labute approximate surface area is 280 Å². The van der Waals surface area contributed by atoms with Gasteiger partial charge in [-0.25, -0.2) is 0 Å². The molecule has 48 heavy (non-hydrogen) atoms. The maximum Gasteiger partial charge on any atom is 0.306 e. The van der Waals surface area contributed by atoms with Gasteiger partial charge in [0, 0.05) is 64.0 Å². The minimum atomic E-state index is -1.21. The molecule has 0 bridgehead atoms. The summed E-state index contributed by atoms with van der Waals surface area (Å²) in [6.07, 6.45) is 2.38. The maximum absolute atomic E-state index is 12.9. The molecule has 0 aliphatic heterocycles. The highest BCUT2D eigenvalue weighted by Gasteiger charge is 2.31. The molecule has 0 aromatic carbocycles. The van der Waals surface area contributed by atoms with E-state index >= 15 is 0 Å². The van der Waals surface area contributed by atoms with Crippen LogP contribution in [0.2, 0.25) is 0 Å². The summed E-state index contributed by atoms with van der Waals surface area (Å²) in [6.45, 7) is 3.02. The summed E-state index contributed by atoms with van der Waals surface area (Å²) in [5.74, 6) is -5.90. The molecule has 15 heteroatoms. The molecule has 1 aliphatic rings. The summed E-state index contributed by atoms with van der Waals surface area (Å²) in [7, 11) is 0. The summed E-state index contributed by atoms with van der Waals surface area (Å²) in [5, 5.41) is 32.8. The van der Waals surface area contributed by atoms with Gasteiger partial charge in [-0.1, -0.05) is 0 Å². The topological polar surface area (TPSA) is 240 Å². The number of carbonyl (C=O) groups is 8. The Morgan fingerprint density at radius 3 is 1.94 bits per heavy atom. The fraction of sp³-hybridized carbons (Fsp3) is 0.758. The van der Waals surface area contributed by atoms with E-state index in [2.05, 4.69) is 10.6 Å². The second-order valence-electron chi connectivity index (χ2n) is 12.3. The van der Waals surface area contributed by atoms with Crippen LogP contribution in [0.3, 0.4) is 0 Å². The third-order valence-electron chi connectivity index (χ3n) is 8.25. The Morgan fingerprint density at radius 2 is 1.33 bits per heavy atom. The molecule has 15 nitrogen and oxygen atoms in total. The summed E-state index contributed by atoms with van der Waals surface area (Å²) in [6, 6.07) is -1.06. The first-order valence-electron chi connectivity index (χ1n) is 16.7. The lowest BCUT2D eigenvalue weighted by Gasteiger charge is -2.28. The number of ketones is 3. The van der Waals surface area contributed by atoms with Crippen LogP contribution in [0.25, 0.3) is 0 Å². The molecule has 1 rings (SSSR count). The van der Waals surface area contributed by atoms with Crippen LogP contribution in [-0.4, -0.2) is 101 Å². The van der Waals surface area contributed by atoms with Gasteiger partial charge >= 0.3 is 17.9 Å². The molecule has 1 saturated carbocycles. The van der Waals surface area contributed by atoms with E-state index in [0.717, 1.165) is 0 Å². The van der Waals surface area contributed by atoms with Crippen LogP contribution in [0.1, 0.15) is 103 Å². The fourth-order valence-electron chi connectivity index (χ4n) is 5.37. The van der Waals surface area contributed by atoms with Crippen molar-refractivity contribution in [2.75, 3.05) is 33.0 Å². The van der Waals surface area contributed by atoms with Crippen LogP contribution in [0.4, 0.5) is 0 Å².